The van der Waals surface area contributed by atoms with Gasteiger partial charge in [-0.15, -0.1) is 0 Å². The molecule has 4 heterocycles. The predicted octanol–water partition coefficient (Wildman–Crippen LogP) is 3.34. The van der Waals surface area contributed by atoms with E-state index in [2.05, 4.69) is 20.2 Å². The lowest BCUT2D eigenvalue weighted by Gasteiger charge is -2.32. The topological polar surface area (TPSA) is 94.1 Å². The molecule has 0 radical (unpaired) electrons. The van der Waals surface area contributed by atoms with Crippen LogP contribution in [0.5, 0.6) is 5.75 Å². The highest BCUT2D eigenvalue weighted by Gasteiger charge is 2.38. The van der Waals surface area contributed by atoms with E-state index in [4.69, 9.17) is 4.74 Å². The fraction of sp³-hybridized carbons (Fsp3) is 0.333. The van der Waals surface area contributed by atoms with Crippen molar-refractivity contribution in [2.45, 2.75) is 12.3 Å². The van der Waals surface area contributed by atoms with Gasteiger partial charge in [0, 0.05) is 44.2 Å². The number of ether oxygens (including phenoxy) is 1. The molecule has 0 spiro atoms. The molecule has 0 amide bonds. The predicted molar refractivity (Wildman–Crippen MR) is 112 cm³/mol. The second kappa shape index (κ2) is 8.15. The van der Waals surface area contributed by atoms with Crippen LogP contribution < -0.4 is 4.90 Å². The molecule has 35 heavy (non-hydrogen) atoms. The Morgan fingerprint density at radius 1 is 1.14 bits per heavy atom. The van der Waals surface area contributed by atoms with E-state index in [0.717, 1.165) is 5.56 Å². The number of nitrogens with zero attached hydrogens (tertiary/aromatic N) is 7. The Balaban J connectivity index is 1.54. The largest absolute Gasteiger partial charge is 0.503 e. The highest BCUT2D eigenvalue weighted by Crippen LogP contribution is 2.41. The monoisotopic (exact) mass is 495 g/mol. The number of hydrogen-bond acceptors (Lipinski definition) is 7. The number of aryl methyl sites for hydroxylation is 2. The van der Waals surface area contributed by atoms with E-state index < -0.39 is 34.7 Å². The number of aromatic nitrogens is 6. The molecule has 1 aliphatic rings. The van der Waals surface area contributed by atoms with Gasteiger partial charge in [-0.3, -0.25) is 4.68 Å². The zero-order chi connectivity index (χ0) is 25.1. The summed E-state index contributed by atoms with van der Waals surface area (Å²) >= 11 is 0. The maximum atomic E-state index is 14.7. The first-order chi connectivity index (χ1) is 16.5. The average Bonchev–Trinajstić information content (AvgIpc) is 3.40. The van der Waals surface area contributed by atoms with Crippen molar-refractivity contribution < 1.29 is 31.8 Å². The van der Waals surface area contributed by atoms with Crippen LogP contribution in [0.15, 0.2) is 24.7 Å². The van der Waals surface area contributed by atoms with E-state index in [-0.39, 0.29) is 28.9 Å². The van der Waals surface area contributed by atoms with Crippen LogP contribution in [-0.2, 0) is 25.0 Å². The van der Waals surface area contributed by atoms with Gasteiger partial charge in [0.2, 0.25) is 5.95 Å². The summed E-state index contributed by atoms with van der Waals surface area (Å²) in [5.74, 6) is -5.07. The molecular weight excluding hydrogens is 477 g/mol. The van der Waals surface area contributed by atoms with Crippen molar-refractivity contribution in [3.8, 4) is 17.0 Å². The highest BCUT2D eigenvalue weighted by atomic mass is 19.4. The number of rotatable bonds is 3. The zero-order valence-electron chi connectivity index (χ0n) is 18.4. The van der Waals surface area contributed by atoms with Crippen LogP contribution in [0.2, 0.25) is 0 Å². The summed E-state index contributed by atoms with van der Waals surface area (Å²) in [7, 11) is 3.27. The Kier molecular flexibility index (Phi) is 5.34. The van der Waals surface area contributed by atoms with Gasteiger partial charge in [0.25, 0.3) is 0 Å². The minimum absolute atomic E-state index is 0.131. The van der Waals surface area contributed by atoms with Gasteiger partial charge < -0.3 is 14.7 Å². The van der Waals surface area contributed by atoms with Crippen molar-refractivity contribution in [3.63, 3.8) is 0 Å². The number of aromatic hydroxyl groups is 1. The molecule has 1 N–H and O–H groups in total. The average molecular weight is 495 g/mol. The first-order valence-corrected chi connectivity index (χ1v) is 10.4. The second-order valence-corrected chi connectivity index (χ2v) is 8.08. The molecule has 1 saturated heterocycles. The molecule has 1 unspecified atom stereocenters. The summed E-state index contributed by atoms with van der Waals surface area (Å²) in [6, 6.07) is 0.278. The minimum Gasteiger partial charge on any atom is -0.503 e. The first kappa shape index (κ1) is 23.0. The maximum Gasteiger partial charge on any atom is 0.419 e. The van der Waals surface area contributed by atoms with Gasteiger partial charge >= 0.3 is 6.18 Å². The number of alkyl halides is 3. The molecule has 184 valence electrons. The van der Waals surface area contributed by atoms with Crippen LogP contribution in [0.3, 0.4) is 0 Å². The molecular formula is C21H18F5N7O2. The Labute approximate surface area is 194 Å². The standard InChI is InChI=1S/C21H18F5N7O2/c1-31-8-10(6-28-31)14-9-33(3-4-35-14)20-27-7-12-17(30-32(2)19(12)29-20)11-5-13(21(24,25)26)16(23)18(34)15(11)22/h5-8,14,34H,3-4,9H2,1-2H3. The van der Waals surface area contributed by atoms with Gasteiger partial charge in [-0.05, 0) is 6.07 Å². The molecule has 4 aromatic rings. The summed E-state index contributed by atoms with van der Waals surface area (Å²) in [4.78, 5) is 10.7. The number of phenols is 1. The molecule has 0 saturated carbocycles. The third-order valence-corrected chi connectivity index (χ3v) is 5.75. The first-order valence-electron chi connectivity index (χ1n) is 10.4. The number of anilines is 1. The van der Waals surface area contributed by atoms with Crippen LogP contribution in [-0.4, -0.2) is 54.3 Å². The van der Waals surface area contributed by atoms with Crippen molar-refractivity contribution in [1.82, 2.24) is 29.5 Å². The summed E-state index contributed by atoms with van der Waals surface area (Å²) in [5.41, 5.74) is -1.69. The second-order valence-electron chi connectivity index (χ2n) is 8.08. The SMILES string of the molecule is Cn1cc(C2CN(c3ncc4c(-c5cc(C(F)(F)F)c(F)c(O)c5F)nn(C)c4n3)CCO2)cn1. The van der Waals surface area contributed by atoms with Crippen LogP contribution in [0.4, 0.5) is 27.9 Å². The number of phenolic OH excluding ortho intramolecular Hbond substituents is 1. The summed E-state index contributed by atoms with van der Waals surface area (Å²) < 4.78 is 77.0. The van der Waals surface area contributed by atoms with Crippen molar-refractivity contribution >= 4 is 17.0 Å². The van der Waals surface area contributed by atoms with Gasteiger partial charge in [-0.1, -0.05) is 0 Å². The van der Waals surface area contributed by atoms with Crippen molar-refractivity contribution in [2.75, 3.05) is 24.6 Å². The quantitative estimate of drug-likeness (QED) is 0.436. The molecule has 1 fully saturated rings. The number of morpholine rings is 1. The van der Waals surface area contributed by atoms with Gasteiger partial charge in [0.1, 0.15) is 11.8 Å². The molecule has 9 nitrogen and oxygen atoms in total. The third kappa shape index (κ3) is 3.92. The van der Waals surface area contributed by atoms with Crippen LogP contribution >= 0.6 is 0 Å². The lowest BCUT2D eigenvalue weighted by Crippen LogP contribution is -2.39. The van der Waals surface area contributed by atoms with Gasteiger partial charge in [-0.25, -0.2) is 18.4 Å². The summed E-state index contributed by atoms with van der Waals surface area (Å²) in [5, 5.41) is 18.0. The van der Waals surface area contributed by atoms with Crippen LogP contribution in [0, 0.1) is 11.6 Å². The zero-order valence-corrected chi connectivity index (χ0v) is 18.4. The minimum atomic E-state index is -5.15. The van der Waals surface area contributed by atoms with E-state index in [1.807, 2.05) is 11.1 Å². The molecule has 3 aromatic heterocycles. The molecule has 1 aromatic carbocycles. The van der Waals surface area contributed by atoms with Crippen molar-refractivity contribution in [2.24, 2.45) is 14.1 Å². The van der Waals surface area contributed by atoms with Crippen LogP contribution in [0.1, 0.15) is 17.2 Å². The maximum absolute atomic E-state index is 14.7. The third-order valence-electron chi connectivity index (χ3n) is 5.75. The lowest BCUT2D eigenvalue weighted by atomic mass is 10.0. The van der Waals surface area contributed by atoms with E-state index in [0.29, 0.717) is 25.6 Å². The van der Waals surface area contributed by atoms with Gasteiger partial charge in [0.15, 0.2) is 23.0 Å². The molecule has 5 rings (SSSR count). The number of halogens is 5. The van der Waals surface area contributed by atoms with E-state index in [1.54, 1.807) is 17.9 Å². The van der Waals surface area contributed by atoms with Crippen molar-refractivity contribution in [1.29, 1.82) is 0 Å². The molecule has 1 atom stereocenters. The lowest BCUT2D eigenvalue weighted by molar-refractivity contribution is -0.140. The Morgan fingerprint density at radius 3 is 2.60 bits per heavy atom. The fourth-order valence-electron chi connectivity index (χ4n) is 4.02. The Bertz CT molecular complexity index is 1430. The number of fused-ring (bicyclic) bond motifs is 1. The van der Waals surface area contributed by atoms with Gasteiger partial charge in [0.05, 0.1) is 30.3 Å². The van der Waals surface area contributed by atoms with Crippen molar-refractivity contribution in [3.05, 3.63) is 47.4 Å². The van der Waals surface area contributed by atoms with E-state index in [9.17, 15) is 27.1 Å². The normalized spacial score (nSPS) is 16.9. The van der Waals surface area contributed by atoms with Gasteiger partial charge in [-0.2, -0.15) is 28.4 Å². The summed E-state index contributed by atoms with van der Waals surface area (Å²) in [6.45, 7) is 1.32. The smallest absolute Gasteiger partial charge is 0.419 e. The molecule has 0 aliphatic carbocycles. The summed E-state index contributed by atoms with van der Waals surface area (Å²) in [6.07, 6.45) is -0.571. The Morgan fingerprint density at radius 2 is 1.91 bits per heavy atom. The highest BCUT2D eigenvalue weighted by molar-refractivity contribution is 5.91. The van der Waals surface area contributed by atoms with Crippen LogP contribution in [0.25, 0.3) is 22.3 Å². The van der Waals surface area contributed by atoms with E-state index in [1.165, 1.54) is 17.9 Å². The molecule has 14 heteroatoms. The molecule has 1 aliphatic heterocycles. The number of hydrogen-bond donors (Lipinski definition) is 1. The fourth-order valence-corrected chi connectivity index (χ4v) is 4.02. The Hall–Kier alpha value is -3.81. The van der Waals surface area contributed by atoms with E-state index >= 15 is 0 Å². The number of benzene rings is 1. The molecule has 0 bridgehead atoms.